The van der Waals surface area contributed by atoms with E-state index in [1.807, 2.05) is 19.0 Å². The molecule has 0 aromatic carbocycles. The Morgan fingerprint density at radius 3 is 3.06 bits per heavy atom. The van der Waals surface area contributed by atoms with Crippen molar-refractivity contribution in [2.75, 3.05) is 20.1 Å². The molecular formula is C11H18N4O. The zero-order chi connectivity index (χ0) is 11.5. The van der Waals surface area contributed by atoms with E-state index >= 15 is 0 Å². The van der Waals surface area contributed by atoms with E-state index in [1.165, 1.54) is 0 Å². The standard InChI is InChI=1S/C11H18N4O/c1-12-9-4-3-6-15(8-9)11(16)10-5-7-14(2)13-10/h5,7,9,12H,3-4,6,8H2,1-2H3. The molecule has 1 amide bonds. The molecule has 1 unspecified atom stereocenters. The number of aryl methyl sites for hydroxylation is 1. The van der Waals surface area contributed by atoms with Gasteiger partial charge in [0.2, 0.25) is 0 Å². The molecule has 1 aromatic heterocycles. The maximum atomic E-state index is 12.1. The maximum Gasteiger partial charge on any atom is 0.274 e. The van der Waals surface area contributed by atoms with Crippen molar-refractivity contribution in [2.24, 2.45) is 7.05 Å². The predicted molar refractivity (Wildman–Crippen MR) is 61.2 cm³/mol. The van der Waals surface area contributed by atoms with Crippen LogP contribution in [0.3, 0.4) is 0 Å². The first-order valence-electron chi connectivity index (χ1n) is 5.67. The highest BCUT2D eigenvalue weighted by Gasteiger charge is 2.24. The summed E-state index contributed by atoms with van der Waals surface area (Å²) in [6.07, 6.45) is 4.00. The second-order valence-electron chi connectivity index (χ2n) is 4.25. The summed E-state index contributed by atoms with van der Waals surface area (Å²) in [6, 6.07) is 2.19. The first-order chi connectivity index (χ1) is 7.70. The number of piperidine rings is 1. The SMILES string of the molecule is CNC1CCCN(C(=O)c2ccn(C)n2)C1. The monoisotopic (exact) mass is 222 g/mol. The van der Waals surface area contributed by atoms with E-state index in [0.717, 1.165) is 25.9 Å². The Bertz CT molecular complexity index is 374. The zero-order valence-corrected chi connectivity index (χ0v) is 9.81. The second-order valence-corrected chi connectivity index (χ2v) is 4.25. The molecule has 88 valence electrons. The molecule has 1 N–H and O–H groups in total. The third-order valence-corrected chi connectivity index (χ3v) is 3.05. The quantitative estimate of drug-likeness (QED) is 0.780. The van der Waals surface area contributed by atoms with Gasteiger partial charge in [0.05, 0.1) is 0 Å². The van der Waals surface area contributed by atoms with Gasteiger partial charge < -0.3 is 10.2 Å². The van der Waals surface area contributed by atoms with Gasteiger partial charge >= 0.3 is 0 Å². The number of hydrogen-bond donors (Lipinski definition) is 1. The van der Waals surface area contributed by atoms with Crippen LogP contribution in [0.25, 0.3) is 0 Å². The number of likely N-dealkylation sites (tertiary alicyclic amines) is 1. The van der Waals surface area contributed by atoms with Crippen LogP contribution in [-0.2, 0) is 7.05 Å². The molecule has 0 bridgehead atoms. The fraction of sp³-hybridized carbons (Fsp3) is 0.636. The number of carbonyl (C=O) groups excluding carboxylic acids is 1. The van der Waals surface area contributed by atoms with Crippen molar-refractivity contribution in [2.45, 2.75) is 18.9 Å². The van der Waals surface area contributed by atoms with Crippen LogP contribution in [0.4, 0.5) is 0 Å². The Morgan fingerprint density at radius 2 is 2.44 bits per heavy atom. The van der Waals surface area contributed by atoms with Crippen LogP contribution in [-0.4, -0.2) is 46.8 Å². The van der Waals surface area contributed by atoms with Crippen molar-refractivity contribution in [3.63, 3.8) is 0 Å². The average molecular weight is 222 g/mol. The fourth-order valence-corrected chi connectivity index (χ4v) is 2.09. The number of amides is 1. The third-order valence-electron chi connectivity index (χ3n) is 3.05. The maximum absolute atomic E-state index is 12.1. The normalized spacial score (nSPS) is 21.1. The van der Waals surface area contributed by atoms with Gasteiger partial charge in [-0.3, -0.25) is 9.48 Å². The molecule has 5 nitrogen and oxygen atoms in total. The molecule has 0 saturated carbocycles. The molecule has 1 aliphatic rings. The molecule has 1 atom stereocenters. The second kappa shape index (κ2) is 4.65. The molecule has 1 saturated heterocycles. The van der Waals surface area contributed by atoms with Gasteiger partial charge in [-0.25, -0.2) is 0 Å². The largest absolute Gasteiger partial charge is 0.336 e. The van der Waals surface area contributed by atoms with E-state index in [9.17, 15) is 4.79 Å². The number of nitrogens with one attached hydrogen (secondary N) is 1. The molecule has 5 heteroatoms. The number of aromatic nitrogens is 2. The highest BCUT2D eigenvalue weighted by molar-refractivity contribution is 5.92. The zero-order valence-electron chi connectivity index (χ0n) is 9.81. The summed E-state index contributed by atoms with van der Waals surface area (Å²) in [5, 5.41) is 7.37. The van der Waals surface area contributed by atoms with Crippen molar-refractivity contribution >= 4 is 5.91 Å². The Hall–Kier alpha value is -1.36. The first kappa shape index (κ1) is 11.1. The van der Waals surface area contributed by atoms with Gasteiger partial charge in [0.25, 0.3) is 5.91 Å². The molecule has 0 aliphatic carbocycles. The van der Waals surface area contributed by atoms with Gasteiger partial charge in [0.1, 0.15) is 5.69 Å². The highest BCUT2D eigenvalue weighted by Crippen LogP contribution is 2.12. The molecule has 16 heavy (non-hydrogen) atoms. The van der Waals surface area contributed by atoms with Crippen LogP contribution < -0.4 is 5.32 Å². The smallest absolute Gasteiger partial charge is 0.274 e. The summed E-state index contributed by atoms with van der Waals surface area (Å²) in [4.78, 5) is 14.0. The van der Waals surface area contributed by atoms with E-state index in [2.05, 4.69) is 10.4 Å². The van der Waals surface area contributed by atoms with Gasteiger partial charge in [-0.2, -0.15) is 5.10 Å². The van der Waals surface area contributed by atoms with Gasteiger partial charge in [0, 0.05) is 32.4 Å². The van der Waals surface area contributed by atoms with Crippen LogP contribution in [0.1, 0.15) is 23.3 Å². The summed E-state index contributed by atoms with van der Waals surface area (Å²) >= 11 is 0. The lowest BCUT2D eigenvalue weighted by molar-refractivity contribution is 0.0691. The van der Waals surface area contributed by atoms with E-state index in [0.29, 0.717) is 11.7 Å². The van der Waals surface area contributed by atoms with Crippen molar-refractivity contribution in [3.8, 4) is 0 Å². The van der Waals surface area contributed by atoms with E-state index in [-0.39, 0.29) is 5.91 Å². The van der Waals surface area contributed by atoms with Crippen LogP contribution in [0, 0.1) is 0 Å². The van der Waals surface area contributed by atoms with E-state index in [4.69, 9.17) is 0 Å². The van der Waals surface area contributed by atoms with Crippen molar-refractivity contribution in [1.29, 1.82) is 0 Å². The fourth-order valence-electron chi connectivity index (χ4n) is 2.09. The lowest BCUT2D eigenvalue weighted by atomic mass is 10.1. The topological polar surface area (TPSA) is 50.2 Å². The summed E-state index contributed by atoms with van der Waals surface area (Å²) < 4.78 is 1.66. The number of hydrogen-bond acceptors (Lipinski definition) is 3. The summed E-state index contributed by atoms with van der Waals surface area (Å²) in [6.45, 7) is 1.62. The van der Waals surface area contributed by atoms with Gasteiger partial charge in [-0.05, 0) is 26.0 Å². The number of rotatable bonds is 2. The van der Waals surface area contributed by atoms with E-state index < -0.39 is 0 Å². The third kappa shape index (κ3) is 2.24. The van der Waals surface area contributed by atoms with Gasteiger partial charge in [-0.15, -0.1) is 0 Å². The van der Waals surface area contributed by atoms with E-state index in [1.54, 1.807) is 16.9 Å². The predicted octanol–water partition coefficient (Wildman–Crippen LogP) is 0.244. The minimum Gasteiger partial charge on any atom is -0.336 e. The van der Waals surface area contributed by atoms with Crippen LogP contribution >= 0.6 is 0 Å². The highest BCUT2D eigenvalue weighted by atomic mass is 16.2. The first-order valence-corrected chi connectivity index (χ1v) is 5.67. The number of carbonyl (C=O) groups is 1. The van der Waals surface area contributed by atoms with Crippen LogP contribution in [0.15, 0.2) is 12.3 Å². The molecule has 2 heterocycles. The minimum absolute atomic E-state index is 0.0422. The number of likely N-dealkylation sites (N-methyl/N-ethyl adjacent to an activating group) is 1. The van der Waals surface area contributed by atoms with Gasteiger partial charge in [-0.1, -0.05) is 0 Å². The molecule has 1 aliphatic heterocycles. The summed E-state index contributed by atoms with van der Waals surface area (Å²) in [7, 11) is 3.77. The Labute approximate surface area is 95.4 Å². The van der Waals surface area contributed by atoms with Crippen molar-refractivity contribution < 1.29 is 4.79 Å². The Kier molecular flexibility index (Phi) is 3.24. The minimum atomic E-state index is 0.0422. The molecule has 2 rings (SSSR count). The average Bonchev–Trinajstić information content (AvgIpc) is 2.75. The van der Waals surface area contributed by atoms with Gasteiger partial charge in [0.15, 0.2) is 0 Å². The number of nitrogens with zero attached hydrogens (tertiary/aromatic N) is 3. The Morgan fingerprint density at radius 1 is 1.62 bits per heavy atom. The van der Waals surface area contributed by atoms with Crippen molar-refractivity contribution in [3.05, 3.63) is 18.0 Å². The molecular weight excluding hydrogens is 204 g/mol. The van der Waals surface area contributed by atoms with Crippen molar-refractivity contribution in [1.82, 2.24) is 20.0 Å². The lowest BCUT2D eigenvalue weighted by Gasteiger charge is -2.32. The molecule has 0 spiro atoms. The summed E-state index contributed by atoms with van der Waals surface area (Å²) in [5.74, 6) is 0.0422. The lowest BCUT2D eigenvalue weighted by Crippen LogP contribution is -2.47. The molecule has 1 aromatic rings. The van der Waals surface area contributed by atoms with Crippen LogP contribution in [0.2, 0.25) is 0 Å². The Balaban J connectivity index is 2.04. The van der Waals surface area contributed by atoms with Crippen LogP contribution in [0.5, 0.6) is 0 Å². The summed E-state index contributed by atoms with van der Waals surface area (Å²) in [5.41, 5.74) is 0.541. The molecule has 0 radical (unpaired) electrons. The molecule has 1 fully saturated rings.